The monoisotopic (exact) mass is 784 g/mol. The quantitative estimate of drug-likeness (QED) is 0.277. The molecule has 12 atom stereocenters. The predicted molar refractivity (Wildman–Crippen MR) is 216 cm³/mol. The van der Waals surface area contributed by atoms with E-state index in [9.17, 15) is 15.0 Å². The number of para-hydroxylation sites is 1. The zero-order valence-electron chi connectivity index (χ0n) is 34.5. The standard InChI is InChI=1S/C45H60N4O8/c1-8-41(52)23-27-24-44(39(50)56-6,35-29(15-19-48(25-27)26-41)28-13-10-11-14-32(28)46-35)31-21-30-33(22-34(31)54-4)47(3)37-43(30)17-20-49-18-12-16-42(9-2,36(43)49)38(55-5)45(37,53)40(51)57-7/h10-14,16,21-22,27,29,35-38,46,52-53H,8-9,15,17-20,23-26H2,1-7H3/t27?,29?,35?,36?,37?,38-,41+,42-,43?,44-,45+/m1/s1. The third-order valence-corrected chi connectivity index (χ3v) is 16.0. The average molecular weight is 785 g/mol. The van der Waals surface area contributed by atoms with Gasteiger partial charge in [0.15, 0.2) is 0 Å². The van der Waals surface area contributed by atoms with Crippen molar-refractivity contribution in [3.63, 3.8) is 0 Å². The molecular weight excluding hydrogens is 725 g/mol. The highest BCUT2D eigenvalue weighted by atomic mass is 16.6. The molecule has 0 amide bonds. The predicted octanol–water partition coefficient (Wildman–Crippen LogP) is 3.97. The van der Waals surface area contributed by atoms with E-state index in [-0.39, 0.29) is 29.9 Å². The van der Waals surface area contributed by atoms with Gasteiger partial charge in [-0.25, -0.2) is 4.79 Å². The number of piperidine rings is 1. The van der Waals surface area contributed by atoms with Crippen LogP contribution in [-0.2, 0) is 34.6 Å². The molecule has 7 unspecified atom stereocenters. The van der Waals surface area contributed by atoms with Crippen LogP contribution in [0.3, 0.4) is 0 Å². The van der Waals surface area contributed by atoms with Gasteiger partial charge in [0.2, 0.25) is 5.60 Å². The summed E-state index contributed by atoms with van der Waals surface area (Å²) in [6, 6.07) is 11.3. The molecule has 1 aliphatic carbocycles. The SMILES string of the molecule is CC[C@]1(O)CC2CN(CCC3c4ccccc4NC3[C@](C(=O)OC)(c3cc4c(cc3OC)N(C)C3C45CCN4CC=C[C@](CC)(C45)[C@@H](OC)[C@]3(O)C(=O)OC)C2)C1. The van der Waals surface area contributed by atoms with Gasteiger partial charge in [0.25, 0.3) is 0 Å². The van der Waals surface area contributed by atoms with Gasteiger partial charge in [0.05, 0.1) is 39.0 Å². The van der Waals surface area contributed by atoms with E-state index in [4.69, 9.17) is 18.9 Å². The second kappa shape index (κ2) is 13.4. The summed E-state index contributed by atoms with van der Waals surface area (Å²) in [5.74, 6) is -0.599. The van der Waals surface area contributed by atoms with Crippen molar-refractivity contribution in [2.45, 2.75) is 105 Å². The van der Waals surface area contributed by atoms with Crippen molar-refractivity contribution in [3.05, 3.63) is 65.2 Å². The number of hydrogen-bond donors (Lipinski definition) is 3. The molecule has 12 nitrogen and oxygen atoms in total. The summed E-state index contributed by atoms with van der Waals surface area (Å²) in [6.45, 7) is 7.82. The Morgan fingerprint density at radius 1 is 0.947 bits per heavy atom. The van der Waals surface area contributed by atoms with Gasteiger partial charge in [0.1, 0.15) is 17.3 Å². The minimum atomic E-state index is -2.05. The van der Waals surface area contributed by atoms with E-state index >= 15 is 4.79 Å². The molecule has 2 aromatic rings. The Hall–Kier alpha value is -3.68. The summed E-state index contributed by atoms with van der Waals surface area (Å²) >= 11 is 0. The molecule has 7 aliphatic rings. The highest BCUT2D eigenvalue weighted by Crippen LogP contribution is 2.68. The number of methoxy groups -OCH3 is 4. The molecule has 2 bridgehead atoms. The van der Waals surface area contributed by atoms with Crippen LogP contribution in [0.2, 0.25) is 0 Å². The molecular formula is C45H60N4O8. The van der Waals surface area contributed by atoms with Crippen LogP contribution < -0.4 is 15.0 Å². The Morgan fingerprint density at radius 3 is 2.42 bits per heavy atom. The van der Waals surface area contributed by atoms with Crippen LogP contribution in [0.4, 0.5) is 11.4 Å². The van der Waals surface area contributed by atoms with Gasteiger partial charge in [-0.3, -0.25) is 9.69 Å². The Morgan fingerprint density at radius 2 is 1.72 bits per heavy atom. The molecule has 1 saturated carbocycles. The van der Waals surface area contributed by atoms with E-state index in [1.165, 1.54) is 19.8 Å². The third kappa shape index (κ3) is 4.91. The van der Waals surface area contributed by atoms with Gasteiger partial charge in [-0.1, -0.05) is 44.2 Å². The van der Waals surface area contributed by atoms with Crippen molar-refractivity contribution in [2.24, 2.45) is 11.3 Å². The van der Waals surface area contributed by atoms with Crippen LogP contribution in [-0.4, -0.2) is 136 Å². The van der Waals surface area contributed by atoms with Crippen LogP contribution in [0.25, 0.3) is 0 Å². The van der Waals surface area contributed by atoms with E-state index in [1.54, 1.807) is 14.2 Å². The lowest BCUT2D eigenvalue weighted by atomic mass is 9.47. The van der Waals surface area contributed by atoms with E-state index in [1.807, 2.05) is 31.0 Å². The maximum Gasteiger partial charge on any atom is 0.342 e. The fraction of sp³-hybridized carbons (Fsp3) is 0.644. The third-order valence-electron chi connectivity index (χ3n) is 16.0. The summed E-state index contributed by atoms with van der Waals surface area (Å²) in [7, 11) is 7.99. The number of benzene rings is 2. The molecule has 1 spiro atoms. The van der Waals surface area contributed by atoms with Crippen LogP contribution in [0.1, 0.15) is 75.0 Å². The molecule has 9 rings (SSSR count). The second-order valence-electron chi connectivity index (χ2n) is 18.2. The molecule has 3 saturated heterocycles. The molecule has 57 heavy (non-hydrogen) atoms. The molecule has 0 radical (unpaired) electrons. The number of nitrogens with one attached hydrogen (secondary N) is 1. The molecule has 0 aromatic heterocycles. The summed E-state index contributed by atoms with van der Waals surface area (Å²) in [6.07, 6.45) is 7.14. The number of carbonyl (C=O) groups is 2. The zero-order valence-corrected chi connectivity index (χ0v) is 34.5. The lowest BCUT2D eigenvalue weighted by Crippen LogP contribution is -2.81. The van der Waals surface area contributed by atoms with Crippen LogP contribution in [0.5, 0.6) is 5.75 Å². The average Bonchev–Trinajstić information content (AvgIpc) is 3.88. The highest BCUT2D eigenvalue weighted by Gasteiger charge is 2.79. The van der Waals surface area contributed by atoms with Crippen molar-refractivity contribution in [1.82, 2.24) is 9.80 Å². The van der Waals surface area contributed by atoms with Crippen LogP contribution in [0.15, 0.2) is 48.6 Å². The Bertz CT molecular complexity index is 1990. The van der Waals surface area contributed by atoms with Gasteiger partial charge >= 0.3 is 11.9 Å². The summed E-state index contributed by atoms with van der Waals surface area (Å²) in [5, 5.41) is 29.1. The minimum Gasteiger partial charge on any atom is -0.496 e. The van der Waals surface area contributed by atoms with E-state index in [0.29, 0.717) is 44.4 Å². The number of hydrogen-bond acceptors (Lipinski definition) is 12. The molecule has 4 fully saturated rings. The van der Waals surface area contributed by atoms with Gasteiger partial charge in [-0.2, -0.15) is 0 Å². The first-order valence-corrected chi connectivity index (χ1v) is 21.0. The number of carbonyl (C=O) groups excluding carboxylic acids is 2. The molecule has 308 valence electrons. The van der Waals surface area contributed by atoms with Gasteiger partial charge in [-0.05, 0) is 80.8 Å². The van der Waals surface area contributed by atoms with Crippen molar-refractivity contribution in [3.8, 4) is 5.75 Å². The van der Waals surface area contributed by atoms with Crippen molar-refractivity contribution < 1.29 is 38.7 Å². The fourth-order valence-corrected chi connectivity index (χ4v) is 14.1. The first kappa shape index (κ1) is 38.8. The van der Waals surface area contributed by atoms with Crippen molar-refractivity contribution in [2.75, 3.05) is 78.4 Å². The number of fused-ring (bicyclic) bond motifs is 6. The van der Waals surface area contributed by atoms with E-state index < -0.39 is 45.6 Å². The number of esters is 2. The summed E-state index contributed by atoms with van der Waals surface area (Å²) < 4.78 is 24.2. The minimum absolute atomic E-state index is 0.0293. The Kier molecular flexibility index (Phi) is 9.14. The van der Waals surface area contributed by atoms with Gasteiger partial charge < -0.3 is 44.3 Å². The molecule has 2 aromatic carbocycles. The number of ether oxygens (including phenoxy) is 4. The van der Waals surface area contributed by atoms with Gasteiger partial charge in [0, 0.05) is 79.6 Å². The Balaban J connectivity index is 1.33. The number of aliphatic hydroxyl groups is 2. The summed E-state index contributed by atoms with van der Waals surface area (Å²) in [5.41, 5.74) is -0.954. The van der Waals surface area contributed by atoms with Crippen LogP contribution >= 0.6 is 0 Å². The van der Waals surface area contributed by atoms with Crippen molar-refractivity contribution in [1.29, 1.82) is 0 Å². The summed E-state index contributed by atoms with van der Waals surface area (Å²) in [4.78, 5) is 36.6. The van der Waals surface area contributed by atoms with E-state index in [0.717, 1.165) is 55.1 Å². The smallest absolute Gasteiger partial charge is 0.342 e. The first-order chi connectivity index (χ1) is 27.4. The number of nitrogens with zero attached hydrogens (tertiary/aromatic N) is 3. The molecule has 6 aliphatic heterocycles. The molecule has 6 heterocycles. The fourth-order valence-electron chi connectivity index (χ4n) is 14.1. The van der Waals surface area contributed by atoms with Gasteiger partial charge in [-0.15, -0.1) is 0 Å². The lowest BCUT2D eigenvalue weighted by Gasteiger charge is -2.63. The van der Waals surface area contributed by atoms with E-state index in [2.05, 4.69) is 58.5 Å². The number of anilines is 2. The molecule has 3 N–H and O–H groups in total. The Labute approximate surface area is 336 Å². The highest BCUT2D eigenvalue weighted by molar-refractivity contribution is 5.90. The lowest BCUT2D eigenvalue weighted by molar-refractivity contribution is -0.225. The first-order valence-electron chi connectivity index (χ1n) is 21.0. The maximum atomic E-state index is 15.3. The second-order valence-corrected chi connectivity index (χ2v) is 18.2. The largest absolute Gasteiger partial charge is 0.496 e. The normalized spacial score (nSPS) is 41.3. The number of rotatable bonds is 7. The van der Waals surface area contributed by atoms with Crippen molar-refractivity contribution >= 4 is 23.3 Å². The maximum absolute atomic E-state index is 15.3. The zero-order chi connectivity index (χ0) is 40.3. The van der Waals surface area contributed by atoms with Crippen LogP contribution in [0, 0.1) is 11.3 Å². The number of likely N-dealkylation sites (N-methyl/N-ethyl adjacent to an activating group) is 1. The topological polar surface area (TPSA) is 133 Å². The molecule has 12 heteroatoms.